The molecule has 0 amide bonds. The number of rotatable bonds is 2. The molecule has 0 spiro atoms. The molecule has 0 aromatic rings. The SMILES string of the molecule is CCN(C1CCNCC1)C(F)(F)F. The minimum absolute atomic E-state index is 0.0498. The lowest BCUT2D eigenvalue weighted by molar-refractivity contribution is -0.259. The first kappa shape index (κ1) is 10.8. The van der Waals surface area contributed by atoms with Gasteiger partial charge in [0.15, 0.2) is 0 Å². The second kappa shape index (κ2) is 4.28. The third-order valence-electron chi connectivity index (χ3n) is 2.42. The molecule has 0 atom stereocenters. The smallest absolute Gasteiger partial charge is 0.317 e. The molecule has 1 aliphatic rings. The van der Waals surface area contributed by atoms with Gasteiger partial charge in [-0.3, -0.25) is 0 Å². The number of alkyl halides is 3. The third kappa shape index (κ3) is 2.84. The Hall–Kier alpha value is -0.290. The summed E-state index contributed by atoms with van der Waals surface area (Å²) in [6.07, 6.45) is -2.99. The van der Waals surface area contributed by atoms with Gasteiger partial charge in [-0.05, 0) is 25.9 Å². The van der Waals surface area contributed by atoms with Crippen LogP contribution in [0.4, 0.5) is 13.2 Å². The van der Waals surface area contributed by atoms with Crippen LogP contribution in [0.2, 0.25) is 0 Å². The molecule has 1 fully saturated rings. The Labute approximate surface area is 76.1 Å². The standard InChI is InChI=1S/C8H15F3N2/c1-2-13(8(9,10)11)7-3-5-12-6-4-7/h7,12H,2-6H2,1H3. The Morgan fingerprint density at radius 3 is 2.23 bits per heavy atom. The second-order valence-corrected chi connectivity index (χ2v) is 3.24. The fourth-order valence-electron chi connectivity index (χ4n) is 1.76. The molecule has 1 N–H and O–H groups in total. The number of hydrogen-bond donors (Lipinski definition) is 1. The van der Waals surface area contributed by atoms with E-state index in [9.17, 15) is 13.2 Å². The van der Waals surface area contributed by atoms with Crippen LogP contribution in [-0.4, -0.2) is 36.9 Å². The fourth-order valence-corrected chi connectivity index (χ4v) is 1.76. The van der Waals surface area contributed by atoms with Crippen molar-refractivity contribution in [3.05, 3.63) is 0 Å². The van der Waals surface area contributed by atoms with Crippen LogP contribution in [0.3, 0.4) is 0 Å². The van der Waals surface area contributed by atoms with Gasteiger partial charge in [0.05, 0.1) is 0 Å². The van der Waals surface area contributed by atoms with Crippen molar-refractivity contribution in [1.82, 2.24) is 10.2 Å². The van der Waals surface area contributed by atoms with Crippen molar-refractivity contribution < 1.29 is 13.2 Å². The van der Waals surface area contributed by atoms with E-state index >= 15 is 0 Å². The summed E-state index contributed by atoms with van der Waals surface area (Å²) in [5, 5.41) is 3.05. The van der Waals surface area contributed by atoms with Gasteiger partial charge in [-0.15, -0.1) is 0 Å². The highest BCUT2D eigenvalue weighted by Crippen LogP contribution is 2.26. The van der Waals surface area contributed by atoms with E-state index in [-0.39, 0.29) is 12.6 Å². The monoisotopic (exact) mass is 196 g/mol. The number of halogens is 3. The number of piperidine rings is 1. The highest BCUT2D eigenvalue weighted by atomic mass is 19.4. The van der Waals surface area contributed by atoms with E-state index in [1.807, 2.05) is 0 Å². The lowest BCUT2D eigenvalue weighted by Crippen LogP contribution is -2.49. The van der Waals surface area contributed by atoms with E-state index in [1.165, 1.54) is 0 Å². The fraction of sp³-hybridized carbons (Fsp3) is 1.00. The summed E-state index contributed by atoms with van der Waals surface area (Å²) in [6.45, 7) is 2.98. The molecule has 0 saturated carbocycles. The van der Waals surface area contributed by atoms with Gasteiger partial charge in [-0.2, -0.15) is 13.2 Å². The van der Waals surface area contributed by atoms with Gasteiger partial charge in [0.25, 0.3) is 0 Å². The normalized spacial score (nSPS) is 21.0. The maximum absolute atomic E-state index is 12.4. The first-order valence-corrected chi connectivity index (χ1v) is 4.60. The first-order valence-electron chi connectivity index (χ1n) is 4.60. The topological polar surface area (TPSA) is 15.3 Å². The molecule has 13 heavy (non-hydrogen) atoms. The quantitative estimate of drug-likeness (QED) is 0.674. The molecule has 1 aliphatic heterocycles. The zero-order valence-electron chi connectivity index (χ0n) is 7.69. The van der Waals surface area contributed by atoms with Crippen molar-refractivity contribution in [3.63, 3.8) is 0 Å². The molecule has 0 bridgehead atoms. The highest BCUT2D eigenvalue weighted by Gasteiger charge is 2.40. The lowest BCUT2D eigenvalue weighted by atomic mass is 10.1. The van der Waals surface area contributed by atoms with Gasteiger partial charge in [0.2, 0.25) is 0 Å². The predicted octanol–water partition coefficient (Wildman–Crippen LogP) is 1.58. The molecule has 1 heterocycles. The van der Waals surface area contributed by atoms with Crippen LogP contribution < -0.4 is 5.32 Å². The summed E-state index contributed by atoms with van der Waals surface area (Å²) in [7, 11) is 0. The second-order valence-electron chi connectivity index (χ2n) is 3.24. The molecule has 2 nitrogen and oxygen atoms in total. The zero-order chi connectivity index (χ0) is 9.90. The molecule has 0 aromatic heterocycles. The molecular weight excluding hydrogens is 181 g/mol. The van der Waals surface area contributed by atoms with E-state index in [0.29, 0.717) is 30.8 Å². The Bertz CT molecular complexity index is 152. The van der Waals surface area contributed by atoms with Crippen LogP contribution in [0.25, 0.3) is 0 Å². The highest BCUT2D eigenvalue weighted by molar-refractivity contribution is 4.78. The number of nitrogens with one attached hydrogen (secondary N) is 1. The van der Waals surface area contributed by atoms with Gasteiger partial charge in [0.1, 0.15) is 0 Å². The van der Waals surface area contributed by atoms with Crippen molar-refractivity contribution in [1.29, 1.82) is 0 Å². The summed E-state index contributed by atoms with van der Waals surface area (Å²) in [5.74, 6) is 0. The minimum atomic E-state index is -4.17. The van der Waals surface area contributed by atoms with Crippen molar-refractivity contribution >= 4 is 0 Å². The van der Waals surface area contributed by atoms with E-state index in [1.54, 1.807) is 6.92 Å². The lowest BCUT2D eigenvalue weighted by Gasteiger charge is -2.34. The van der Waals surface area contributed by atoms with E-state index in [2.05, 4.69) is 5.32 Å². The average Bonchev–Trinajstić information content (AvgIpc) is 2.05. The zero-order valence-corrected chi connectivity index (χ0v) is 7.69. The summed E-state index contributed by atoms with van der Waals surface area (Å²) >= 11 is 0. The van der Waals surface area contributed by atoms with Crippen LogP contribution in [0, 0.1) is 0 Å². The van der Waals surface area contributed by atoms with Crippen molar-refractivity contribution in [3.8, 4) is 0 Å². The van der Waals surface area contributed by atoms with E-state index < -0.39 is 6.30 Å². The molecule has 78 valence electrons. The van der Waals surface area contributed by atoms with Crippen LogP contribution in [0.5, 0.6) is 0 Å². The van der Waals surface area contributed by atoms with Gasteiger partial charge in [-0.25, -0.2) is 4.90 Å². The van der Waals surface area contributed by atoms with Crippen molar-refractivity contribution in [2.45, 2.75) is 32.1 Å². The molecule has 1 rings (SSSR count). The maximum Gasteiger partial charge on any atom is 0.460 e. The maximum atomic E-state index is 12.4. The Kier molecular flexibility index (Phi) is 3.55. The third-order valence-corrected chi connectivity index (χ3v) is 2.42. The van der Waals surface area contributed by atoms with E-state index in [0.717, 1.165) is 0 Å². The predicted molar refractivity (Wildman–Crippen MR) is 44.3 cm³/mol. The minimum Gasteiger partial charge on any atom is -0.317 e. The number of nitrogens with zero attached hydrogens (tertiary/aromatic N) is 1. The van der Waals surface area contributed by atoms with Crippen molar-refractivity contribution in [2.75, 3.05) is 19.6 Å². The molecule has 0 aromatic carbocycles. The summed E-state index contributed by atoms with van der Waals surface area (Å²) in [6, 6.07) is -0.328. The molecule has 1 saturated heterocycles. The average molecular weight is 196 g/mol. The van der Waals surface area contributed by atoms with Gasteiger partial charge < -0.3 is 5.32 Å². The Morgan fingerprint density at radius 1 is 1.31 bits per heavy atom. The van der Waals surface area contributed by atoms with E-state index in [4.69, 9.17) is 0 Å². The van der Waals surface area contributed by atoms with Gasteiger partial charge >= 0.3 is 6.30 Å². The summed E-state index contributed by atoms with van der Waals surface area (Å²) < 4.78 is 37.2. The summed E-state index contributed by atoms with van der Waals surface area (Å²) in [5.41, 5.74) is 0. The molecule has 0 aliphatic carbocycles. The van der Waals surface area contributed by atoms with Crippen LogP contribution in [0.15, 0.2) is 0 Å². The first-order chi connectivity index (χ1) is 6.05. The molecule has 5 heteroatoms. The van der Waals surface area contributed by atoms with Crippen LogP contribution in [0.1, 0.15) is 19.8 Å². The molecule has 0 unspecified atom stereocenters. The summed E-state index contributed by atoms with van der Waals surface area (Å²) in [4.78, 5) is 0.633. The molecule has 0 radical (unpaired) electrons. The van der Waals surface area contributed by atoms with Gasteiger partial charge in [0, 0.05) is 12.6 Å². The van der Waals surface area contributed by atoms with Crippen LogP contribution >= 0.6 is 0 Å². The Morgan fingerprint density at radius 2 is 1.85 bits per heavy atom. The van der Waals surface area contributed by atoms with Gasteiger partial charge in [-0.1, -0.05) is 6.92 Å². The Balaban J connectivity index is 2.54. The largest absolute Gasteiger partial charge is 0.460 e. The van der Waals surface area contributed by atoms with Crippen molar-refractivity contribution in [2.24, 2.45) is 0 Å². The number of hydrogen-bond acceptors (Lipinski definition) is 2. The molecular formula is C8H15F3N2. The van der Waals surface area contributed by atoms with Crippen LogP contribution in [-0.2, 0) is 0 Å².